The number of carbonyl (C=O) groups is 1. The van der Waals surface area contributed by atoms with Gasteiger partial charge in [-0.15, -0.1) is 0 Å². The summed E-state index contributed by atoms with van der Waals surface area (Å²) in [6.45, 7) is 13.9. The van der Waals surface area contributed by atoms with Crippen LogP contribution in [0.3, 0.4) is 0 Å². The van der Waals surface area contributed by atoms with Crippen molar-refractivity contribution in [3.8, 4) is 0 Å². The Balaban J connectivity index is 1.77. The highest BCUT2D eigenvalue weighted by molar-refractivity contribution is 5.89. The van der Waals surface area contributed by atoms with E-state index in [1.807, 2.05) is 0 Å². The first-order chi connectivity index (χ1) is 9.96. The predicted octanol–water partition coefficient (Wildman–Crippen LogP) is 3.92. The second kappa shape index (κ2) is 3.99. The third kappa shape index (κ3) is 1.63. The molecule has 0 saturated heterocycles. The molecule has 0 aromatic heterocycles. The minimum Gasteiger partial charge on any atom is -0.389 e. The van der Waals surface area contributed by atoms with Crippen LogP contribution in [0, 0.1) is 52.3 Å². The van der Waals surface area contributed by atoms with Crippen molar-refractivity contribution in [2.75, 3.05) is 0 Å². The first-order valence-corrected chi connectivity index (χ1v) is 9.22. The molecule has 0 unspecified atom stereocenters. The Hall–Kier alpha value is -0.370. The van der Waals surface area contributed by atoms with Crippen LogP contribution in [-0.2, 0) is 4.79 Å². The number of carbonyl (C=O) groups excluding carboxylic acids is 1. The zero-order chi connectivity index (χ0) is 16.2. The van der Waals surface area contributed by atoms with Crippen LogP contribution in [0.2, 0.25) is 0 Å². The Morgan fingerprint density at radius 3 is 2.23 bits per heavy atom. The van der Waals surface area contributed by atoms with Gasteiger partial charge in [0.2, 0.25) is 0 Å². The van der Waals surface area contributed by atoms with Crippen LogP contribution < -0.4 is 0 Å². The minimum atomic E-state index is -0.644. The third-order valence-electron chi connectivity index (χ3n) is 7.95. The summed E-state index contributed by atoms with van der Waals surface area (Å²) in [6, 6.07) is 0. The second-order valence-corrected chi connectivity index (χ2v) is 11.0. The lowest BCUT2D eigenvalue weighted by atomic mass is 9.30. The molecule has 0 heterocycles. The first-order valence-electron chi connectivity index (χ1n) is 9.22. The number of hydrogen-bond donors (Lipinski definition) is 1. The Bertz CT molecular complexity index is 523. The molecule has 0 radical (unpaired) electrons. The summed E-state index contributed by atoms with van der Waals surface area (Å²) < 4.78 is 0. The second-order valence-electron chi connectivity index (χ2n) is 11.0. The fourth-order valence-corrected chi connectivity index (χ4v) is 7.10. The van der Waals surface area contributed by atoms with Crippen LogP contribution >= 0.6 is 0 Å². The van der Waals surface area contributed by atoms with Gasteiger partial charge in [0.25, 0.3) is 0 Å². The van der Waals surface area contributed by atoms with Gasteiger partial charge in [-0.2, -0.15) is 0 Å². The van der Waals surface area contributed by atoms with E-state index in [-0.39, 0.29) is 22.7 Å². The van der Waals surface area contributed by atoms with Gasteiger partial charge in [-0.25, -0.2) is 0 Å². The molecule has 6 aliphatic rings. The van der Waals surface area contributed by atoms with Crippen molar-refractivity contribution >= 4 is 5.78 Å². The lowest BCUT2D eigenvalue weighted by Crippen LogP contribution is -2.79. The molecule has 0 amide bonds. The highest BCUT2D eigenvalue weighted by Crippen LogP contribution is 2.74. The van der Waals surface area contributed by atoms with E-state index in [9.17, 15) is 9.90 Å². The number of ketones is 1. The Morgan fingerprint density at radius 1 is 1.05 bits per heavy atom. The van der Waals surface area contributed by atoms with E-state index < -0.39 is 5.60 Å². The van der Waals surface area contributed by atoms with Crippen molar-refractivity contribution in [2.24, 2.45) is 52.3 Å². The molecular formula is C20H32O2. The molecule has 6 saturated carbocycles. The van der Waals surface area contributed by atoms with Crippen molar-refractivity contribution in [1.29, 1.82) is 0 Å². The average molecular weight is 304 g/mol. The predicted molar refractivity (Wildman–Crippen MR) is 87.1 cm³/mol. The van der Waals surface area contributed by atoms with Gasteiger partial charge in [0.05, 0.1) is 11.5 Å². The molecule has 6 fully saturated rings. The van der Waals surface area contributed by atoms with Crippen LogP contribution in [0.5, 0.6) is 0 Å². The molecule has 124 valence electrons. The average Bonchev–Trinajstić information content (AvgIpc) is 2.33. The van der Waals surface area contributed by atoms with Crippen molar-refractivity contribution in [3.63, 3.8) is 0 Å². The first kappa shape index (κ1) is 15.2. The molecule has 6 bridgehead atoms. The molecule has 6 rings (SSSR count). The Labute approximate surface area is 135 Å². The van der Waals surface area contributed by atoms with Crippen LogP contribution in [0.15, 0.2) is 0 Å². The topological polar surface area (TPSA) is 37.3 Å². The van der Waals surface area contributed by atoms with E-state index in [1.165, 1.54) is 0 Å². The highest BCUT2D eigenvalue weighted by atomic mass is 16.3. The normalized spacial score (nSPS) is 53.4. The number of aliphatic hydroxyl groups is 1. The van der Waals surface area contributed by atoms with Gasteiger partial charge in [-0.1, -0.05) is 41.5 Å². The quantitative estimate of drug-likeness (QED) is 0.736. The molecular weight excluding hydrogens is 272 g/mol. The van der Waals surface area contributed by atoms with Gasteiger partial charge >= 0.3 is 0 Å². The minimum absolute atomic E-state index is 0.0300. The van der Waals surface area contributed by atoms with Gasteiger partial charge in [-0.3, -0.25) is 4.79 Å². The lowest BCUT2D eigenvalue weighted by Gasteiger charge is -2.75. The molecule has 0 aromatic carbocycles. The van der Waals surface area contributed by atoms with E-state index in [2.05, 4.69) is 41.5 Å². The zero-order valence-corrected chi connectivity index (χ0v) is 15.0. The molecule has 8 atom stereocenters. The molecule has 0 aliphatic heterocycles. The molecule has 6 aliphatic carbocycles. The van der Waals surface area contributed by atoms with E-state index in [4.69, 9.17) is 0 Å². The molecule has 0 spiro atoms. The summed E-state index contributed by atoms with van der Waals surface area (Å²) in [7, 11) is 0. The maximum atomic E-state index is 13.0. The fourth-order valence-electron chi connectivity index (χ4n) is 7.10. The summed E-state index contributed by atoms with van der Waals surface area (Å²) in [6.07, 6.45) is 3.08. The van der Waals surface area contributed by atoms with Crippen molar-refractivity contribution < 1.29 is 9.90 Å². The van der Waals surface area contributed by atoms with Gasteiger partial charge in [0, 0.05) is 5.92 Å². The van der Waals surface area contributed by atoms with Crippen molar-refractivity contribution in [3.05, 3.63) is 0 Å². The Kier molecular flexibility index (Phi) is 2.75. The molecule has 1 N–H and O–H groups in total. The van der Waals surface area contributed by atoms with Crippen LogP contribution in [0.25, 0.3) is 0 Å². The zero-order valence-electron chi connectivity index (χ0n) is 15.0. The largest absolute Gasteiger partial charge is 0.389 e. The lowest BCUT2D eigenvalue weighted by molar-refractivity contribution is -0.304. The van der Waals surface area contributed by atoms with Crippen molar-refractivity contribution in [1.82, 2.24) is 0 Å². The van der Waals surface area contributed by atoms with E-state index in [0.717, 1.165) is 19.3 Å². The monoisotopic (exact) mass is 304 g/mol. The van der Waals surface area contributed by atoms with Gasteiger partial charge in [-0.05, 0) is 59.7 Å². The van der Waals surface area contributed by atoms with Crippen LogP contribution in [-0.4, -0.2) is 16.5 Å². The van der Waals surface area contributed by atoms with Crippen LogP contribution in [0.1, 0.15) is 60.8 Å². The Morgan fingerprint density at radius 2 is 1.68 bits per heavy atom. The summed E-state index contributed by atoms with van der Waals surface area (Å²) in [5.74, 6) is 3.10. The number of hydrogen-bond acceptors (Lipinski definition) is 2. The molecule has 2 heteroatoms. The number of Topliss-reactive ketones (excluding diaryl/α,β-unsaturated/α-hetero) is 1. The summed E-state index contributed by atoms with van der Waals surface area (Å²) in [5.41, 5.74) is -0.153. The smallest absolute Gasteiger partial charge is 0.142 e. The van der Waals surface area contributed by atoms with E-state index in [1.54, 1.807) is 0 Å². The van der Waals surface area contributed by atoms with Crippen molar-refractivity contribution in [2.45, 2.75) is 66.4 Å². The summed E-state index contributed by atoms with van der Waals surface area (Å²) in [4.78, 5) is 13.0. The third-order valence-corrected chi connectivity index (χ3v) is 7.95. The van der Waals surface area contributed by atoms with Gasteiger partial charge < -0.3 is 5.11 Å². The molecule has 2 nitrogen and oxygen atoms in total. The maximum Gasteiger partial charge on any atom is 0.142 e. The number of rotatable bonds is 0. The van der Waals surface area contributed by atoms with Gasteiger partial charge in [0.15, 0.2) is 0 Å². The maximum absolute atomic E-state index is 13.0. The fraction of sp³-hybridized carbons (Fsp3) is 0.950. The summed E-state index contributed by atoms with van der Waals surface area (Å²) in [5, 5.41) is 11.3. The van der Waals surface area contributed by atoms with E-state index in [0.29, 0.717) is 35.4 Å². The van der Waals surface area contributed by atoms with Gasteiger partial charge in [0.1, 0.15) is 5.78 Å². The standard InChI is InChI=1S/C20H32O2/c1-18(2,3)10-7-11-14-13(8-10)20(22)9-12(16(20)17(11)21)15(14)19(4,5)6/h10-16,22H,7-9H2,1-6H3/t10-,11+,12+,13-,14+,15+,16-,20+/m0/s1. The molecule has 22 heavy (non-hydrogen) atoms. The highest BCUT2D eigenvalue weighted by Gasteiger charge is 2.77. The van der Waals surface area contributed by atoms with E-state index >= 15 is 0 Å². The molecule has 0 aromatic rings. The van der Waals surface area contributed by atoms with Crippen LogP contribution in [0.4, 0.5) is 0 Å². The summed E-state index contributed by atoms with van der Waals surface area (Å²) >= 11 is 0. The SMILES string of the molecule is CC(C)(C)[C@H]1C[C@H]2C(=O)[C@@H]3[C@@H]4C[C@@]3(O)[C@@H](C1)[C@@H]2[C@@H]4C(C)(C)C.